The highest BCUT2D eigenvalue weighted by molar-refractivity contribution is 5.90. The lowest BCUT2D eigenvalue weighted by Gasteiger charge is -2.26. The highest BCUT2D eigenvalue weighted by Crippen LogP contribution is 2.27. The van der Waals surface area contributed by atoms with Gasteiger partial charge >= 0.3 is 6.03 Å². The van der Waals surface area contributed by atoms with Gasteiger partial charge in [-0.1, -0.05) is 0 Å². The van der Waals surface area contributed by atoms with Crippen molar-refractivity contribution in [3.05, 3.63) is 75.5 Å². The van der Waals surface area contributed by atoms with Crippen molar-refractivity contribution in [2.75, 3.05) is 12.4 Å². The number of amides is 2. The third-order valence-electron chi connectivity index (χ3n) is 4.74. The first-order valence-corrected chi connectivity index (χ1v) is 8.49. The van der Waals surface area contributed by atoms with Crippen LogP contribution in [-0.4, -0.2) is 23.0 Å². The second-order valence-corrected chi connectivity index (χ2v) is 6.57. The number of halogens is 3. The Balaban J connectivity index is 1.92. The van der Waals surface area contributed by atoms with Crippen LogP contribution in [-0.2, 0) is 0 Å². The van der Waals surface area contributed by atoms with E-state index >= 15 is 0 Å². The van der Waals surface area contributed by atoms with Gasteiger partial charge in [0.1, 0.15) is 5.82 Å². The molecule has 0 radical (unpaired) electrons. The second kappa shape index (κ2) is 7.38. The molecular formula is C20H18F3N3O2. The summed E-state index contributed by atoms with van der Waals surface area (Å²) in [5.41, 5.74) is 0.695. The topological polar surface area (TPSA) is 65.2 Å². The summed E-state index contributed by atoms with van der Waals surface area (Å²) in [6, 6.07) is 4.90. The summed E-state index contributed by atoms with van der Waals surface area (Å²) >= 11 is 0. The summed E-state index contributed by atoms with van der Waals surface area (Å²) in [6.45, 7) is 3.27. The number of rotatable bonds is 3. The molecule has 1 atom stereocenters. The summed E-state index contributed by atoms with van der Waals surface area (Å²) in [5.74, 6) is -2.59. The van der Waals surface area contributed by atoms with Crippen LogP contribution in [0.1, 0.15) is 24.1 Å². The number of hydrogen-bond acceptors (Lipinski definition) is 2. The third kappa shape index (κ3) is 3.58. The number of urea groups is 1. The molecule has 0 saturated heterocycles. The summed E-state index contributed by atoms with van der Waals surface area (Å²) < 4.78 is 40.6. The number of aromatic nitrogens is 1. The number of aromatic amines is 1. The minimum atomic E-state index is -1.12. The zero-order valence-electron chi connectivity index (χ0n) is 15.4. The molecule has 0 fully saturated rings. The van der Waals surface area contributed by atoms with E-state index in [9.17, 15) is 22.8 Å². The SMILES string of the molecule is Cc1cc(NC(=O)N(C)C(C)c2c[nH]c(=O)c3cc(F)c(F)cc23)ccc1F. The Kier molecular flexibility index (Phi) is 5.13. The Bertz CT molecular complexity index is 1130. The molecule has 0 aliphatic carbocycles. The Morgan fingerprint density at radius 1 is 1.07 bits per heavy atom. The Morgan fingerprint density at radius 2 is 1.71 bits per heavy atom. The van der Waals surface area contributed by atoms with Crippen LogP contribution in [0.5, 0.6) is 0 Å². The number of H-pyrrole nitrogens is 1. The van der Waals surface area contributed by atoms with Crippen LogP contribution < -0.4 is 10.9 Å². The van der Waals surface area contributed by atoms with Gasteiger partial charge in [-0.3, -0.25) is 4.79 Å². The smallest absolute Gasteiger partial charge is 0.322 e. The molecule has 2 aromatic carbocycles. The highest BCUT2D eigenvalue weighted by Gasteiger charge is 2.21. The standard InChI is InChI=1S/C20H18F3N3O2/c1-10-6-12(4-5-16(10)21)25-20(28)26(3)11(2)15-9-24-19(27)14-8-18(23)17(22)7-13(14)15/h4-9,11H,1-3H3,(H,24,27)(H,25,28). The molecule has 1 unspecified atom stereocenters. The van der Waals surface area contributed by atoms with Gasteiger partial charge in [0, 0.05) is 18.9 Å². The van der Waals surface area contributed by atoms with Crippen LogP contribution >= 0.6 is 0 Å². The fourth-order valence-corrected chi connectivity index (χ4v) is 2.94. The van der Waals surface area contributed by atoms with Gasteiger partial charge in [-0.25, -0.2) is 18.0 Å². The van der Waals surface area contributed by atoms with E-state index in [-0.39, 0.29) is 16.6 Å². The molecule has 1 heterocycles. The fraction of sp³-hybridized carbons (Fsp3) is 0.200. The number of benzene rings is 2. The molecule has 0 saturated carbocycles. The van der Waals surface area contributed by atoms with Crippen molar-refractivity contribution in [1.82, 2.24) is 9.88 Å². The van der Waals surface area contributed by atoms with Gasteiger partial charge in [-0.05, 0) is 60.7 Å². The number of anilines is 1. The molecule has 5 nitrogen and oxygen atoms in total. The third-order valence-corrected chi connectivity index (χ3v) is 4.74. The lowest BCUT2D eigenvalue weighted by molar-refractivity contribution is 0.208. The molecule has 28 heavy (non-hydrogen) atoms. The van der Waals surface area contributed by atoms with Crippen molar-refractivity contribution in [3.63, 3.8) is 0 Å². The van der Waals surface area contributed by atoms with E-state index in [0.29, 0.717) is 16.8 Å². The van der Waals surface area contributed by atoms with Crippen molar-refractivity contribution < 1.29 is 18.0 Å². The number of aryl methyl sites for hydroxylation is 1. The first-order chi connectivity index (χ1) is 13.2. The van der Waals surface area contributed by atoms with Gasteiger partial charge in [-0.15, -0.1) is 0 Å². The Morgan fingerprint density at radius 3 is 2.36 bits per heavy atom. The molecule has 0 aliphatic heterocycles. The minimum Gasteiger partial charge on any atom is -0.328 e. The van der Waals surface area contributed by atoms with Crippen molar-refractivity contribution in [2.45, 2.75) is 19.9 Å². The zero-order chi connectivity index (χ0) is 20.6. The maximum absolute atomic E-state index is 13.7. The van der Waals surface area contributed by atoms with Crippen LogP contribution in [0.15, 0.2) is 41.3 Å². The van der Waals surface area contributed by atoms with Gasteiger partial charge in [0.2, 0.25) is 0 Å². The lowest BCUT2D eigenvalue weighted by atomic mass is 10.0. The monoisotopic (exact) mass is 389 g/mol. The first kappa shape index (κ1) is 19.5. The number of nitrogens with one attached hydrogen (secondary N) is 2. The molecule has 1 aromatic heterocycles. The molecule has 146 valence electrons. The van der Waals surface area contributed by atoms with Crippen LogP contribution in [0.2, 0.25) is 0 Å². The van der Waals surface area contributed by atoms with Gasteiger partial charge < -0.3 is 15.2 Å². The van der Waals surface area contributed by atoms with E-state index in [1.165, 1.54) is 36.3 Å². The molecule has 3 rings (SSSR count). The van der Waals surface area contributed by atoms with Crippen LogP contribution in [0, 0.1) is 24.4 Å². The van der Waals surface area contributed by atoms with Crippen LogP contribution in [0.3, 0.4) is 0 Å². The molecule has 0 bridgehead atoms. The van der Waals surface area contributed by atoms with E-state index in [4.69, 9.17) is 0 Å². The van der Waals surface area contributed by atoms with E-state index in [0.717, 1.165) is 12.1 Å². The van der Waals surface area contributed by atoms with Crippen molar-refractivity contribution >= 4 is 22.5 Å². The normalized spacial score (nSPS) is 12.1. The van der Waals surface area contributed by atoms with Gasteiger partial charge in [0.05, 0.1) is 11.4 Å². The molecule has 0 aliphatic rings. The summed E-state index contributed by atoms with van der Waals surface area (Å²) in [7, 11) is 1.52. The number of carbonyl (C=O) groups excluding carboxylic acids is 1. The average molecular weight is 389 g/mol. The van der Waals surface area contributed by atoms with Gasteiger partial charge in [-0.2, -0.15) is 0 Å². The highest BCUT2D eigenvalue weighted by atomic mass is 19.2. The Hall–Kier alpha value is -3.29. The molecule has 3 aromatic rings. The van der Waals surface area contributed by atoms with E-state index < -0.39 is 29.3 Å². The zero-order valence-corrected chi connectivity index (χ0v) is 15.4. The summed E-state index contributed by atoms with van der Waals surface area (Å²) in [4.78, 5) is 28.3. The maximum atomic E-state index is 13.7. The van der Waals surface area contributed by atoms with E-state index in [2.05, 4.69) is 10.3 Å². The minimum absolute atomic E-state index is 0.00813. The van der Waals surface area contributed by atoms with Gasteiger partial charge in [0.15, 0.2) is 11.6 Å². The fourth-order valence-electron chi connectivity index (χ4n) is 2.94. The Labute approximate surface area is 158 Å². The van der Waals surface area contributed by atoms with Crippen molar-refractivity contribution in [1.29, 1.82) is 0 Å². The van der Waals surface area contributed by atoms with Crippen LogP contribution in [0.25, 0.3) is 10.8 Å². The number of fused-ring (bicyclic) bond motifs is 1. The van der Waals surface area contributed by atoms with Crippen LogP contribution in [0.4, 0.5) is 23.7 Å². The molecule has 2 amide bonds. The van der Waals surface area contributed by atoms with E-state index in [1.54, 1.807) is 13.8 Å². The van der Waals surface area contributed by atoms with E-state index in [1.807, 2.05) is 0 Å². The molecule has 2 N–H and O–H groups in total. The number of carbonyl (C=O) groups is 1. The second-order valence-electron chi connectivity index (χ2n) is 6.57. The quantitative estimate of drug-likeness (QED) is 0.694. The molecule has 8 heteroatoms. The molecule has 0 spiro atoms. The molecular weight excluding hydrogens is 371 g/mol. The summed E-state index contributed by atoms with van der Waals surface area (Å²) in [6.07, 6.45) is 1.37. The maximum Gasteiger partial charge on any atom is 0.322 e. The lowest BCUT2D eigenvalue weighted by Crippen LogP contribution is -2.34. The largest absolute Gasteiger partial charge is 0.328 e. The van der Waals surface area contributed by atoms with Crippen molar-refractivity contribution in [2.24, 2.45) is 0 Å². The average Bonchev–Trinajstić information content (AvgIpc) is 2.65. The number of pyridine rings is 1. The number of hydrogen-bond donors (Lipinski definition) is 2. The van der Waals surface area contributed by atoms with Gasteiger partial charge in [0.25, 0.3) is 5.56 Å². The number of nitrogens with zero attached hydrogens (tertiary/aromatic N) is 1. The predicted molar refractivity (Wildman–Crippen MR) is 101 cm³/mol. The predicted octanol–water partition coefficient (Wildman–Crippen LogP) is 4.48. The summed E-state index contributed by atoms with van der Waals surface area (Å²) in [5, 5.41) is 2.86. The van der Waals surface area contributed by atoms with Crippen molar-refractivity contribution in [3.8, 4) is 0 Å². The first-order valence-electron chi connectivity index (χ1n) is 8.49.